The van der Waals surface area contributed by atoms with E-state index in [1.807, 2.05) is 24.3 Å². The molecular formula is C14H20N2O2. The van der Waals surface area contributed by atoms with E-state index in [2.05, 4.69) is 0 Å². The van der Waals surface area contributed by atoms with Crippen LogP contribution in [0.3, 0.4) is 0 Å². The monoisotopic (exact) mass is 248 g/mol. The van der Waals surface area contributed by atoms with Crippen molar-refractivity contribution in [1.82, 2.24) is 0 Å². The van der Waals surface area contributed by atoms with Gasteiger partial charge in [0.2, 0.25) is 0 Å². The predicted octanol–water partition coefficient (Wildman–Crippen LogP) is 1.71. The highest BCUT2D eigenvalue weighted by Gasteiger charge is 2.43. The summed E-state index contributed by atoms with van der Waals surface area (Å²) in [6.45, 7) is 0.799. The zero-order valence-corrected chi connectivity index (χ0v) is 10.5. The Balaban J connectivity index is 1.85. The maximum Gasteiger partial charge on any atom is 0.119 e. The van der Waals surface area contributed by atoms with Crippen molar-refractivity contribution < 1.29 is 9.84 Å². The van der Waals surface area contributed by atoms with Gasteiger partial charge in [0.05, 0.1) is 12.4 Å². The van der Waals surface area contributed by atoms with Gasteiger partial charge in [0.15, 0.2) is 0 Å². The van der Waals surface area contributed by atoms with Gasteiger partial charge in [-0.05, 0) is 37.0 Å². The highest BCUT2D eigenvalue weighted by molar-refractivity contribution is 5.78. The Hall–Kier alpha value is -1.55. The van der Waals surface area contributed by atoms with E-state index in [0.717, 1.165) is 24.2 Å². The first kappa shape index (κ1) is 12.9. The molecule has 1 aliphatic carbocycles. The first-order valence-corrected chi connectivity index (χ1v) is 6.29. The van der Waals surface area contributed by atoms with E-state index in [-0.39, 0.29) is 17.9 Å². The summed E-state index contributed by atoms with van der Waals surface area (Å²) in [4.78, 5) is 0. The molecule has 0 atom stereocenters. The summed E-state index contributed by atoms with van der Waals surface area (Å²) >= 11 is 0. The van der Waals surface area contributed by atoms with E-state index in [0.29, 0.717) is 19.4 Å². The molecule has 18 heavy (non-hydrogen) atoms. The van der Waals surface area contributed by atoms with Crippen LogP contribution in [0.4, 0.5) is 0 Å². The molecule has 1 aliphatic rings. The normalized spacial score (nSPS) is 16.3. The van der Waals surface area contributed by atoms with Crippen molar-refractivity contribution in [2.45, 2.75) is 25.7 Å². The van der Waals surface area contributed by atoms with Crippen molar-refractivity contribution in [1.29, 1.82) is 5.41 Å². The first-order valence-electron chi connectivity index (χ1n) is 6.29. The van der Waals surface area contributed by atoms with Crippen LogP contribution in [0.25, 0.3) is 0 Å². The number of nitrogens with two attached hydrogens (primary N) is 1. The average Bonchev–Trinajstić information content (AvgIpc) is 3.08. The molecule has 0 spiro atoms. The molecule has 1 aromatic rings. The number of nitrogens with one attached hydrogen (secondary N) is 1. The molecule has 0 amide bonds. The number of aliphatic hydroxyl groups excluding tert-OH is 1. The van der Waals surface area contributed by atoms with Crippen molar-refractivity contribution >= 4 is 5.84 Å². The Morgan fingerprint density at radius 1 is 1.33 bits per heavy atom. The minimum atomic E-state index is 0.107. The summed E-state index contributed by atoms with van der Waals surface area (Å²) in [5.41, 5.74) is 6.66. The lowest BCUT2D eigenvalue weighted by Crippen LogP contribution is -2.21. The van der Waals surface area contributed by atoms with Gasteiger partial charge in [0.1, 0.15) is 5.75 Å². The summed E-state index contributed by atoms with van der Waals surface area (Å²) in [7, 11) is 0. The molecule has 0 aromatic heterocycles. The fourth-order valence-electron chi connectivity index (χ4n) is 2.07. The maximum absolute atomic E-state index is 8.83. The largest absolute Gasteiger partial charge is 0.493 e. The summed E-state index contributed by atoms with van der Waals surface area (Å²) in [6, 6.07) is 7.79. The van der Waals surface area contributed by atoms with Gasteiger partial charge in [0.25, 0.3) is 0 Å². The van der Waals surface area contributed by atoms with Gasteiger partial charge >= 0.3 is 0 Å². The number of benzene rings is 1. The third kappa shape index (κ3) is 3.47. The molecule has 0 saturated heterocycles. The van der Waals surface area contributed by atoms with Crippen LogP contribution in [0.1, 0.15) is 24.8 Å². The van der Waals surface area contributed by atoms with Gasteiger partial charge in [-0.2, -0.15) is 0 Å². The Kier molecular flexibility index (Phi) is 3.87. The summed E-state index contributed by atoms with van der Waals surface area (Å²) in [6.07, 6.45) is 3.49. The van der Waals surface area contributed by atoms with Crippen molar-refractivity contribution in [3.8, 4) is 5.75 Å². The first-order chi connectivity index (χ1) is 8.63. The highest BCUT2D eigenvalue weighted by atomic mass is 16.5. The fraction of sp³-hybridized carbons (Fsp3) is 0.500. The number of hydrogen-bond donors (Lipinski definition) is 3. The zero-order chi connectivity index (χ0) is 13.0. The highest BCUT2D eigenvalue weighted by Crippen LogP contribution is 2.48. The fourth-order valence-corrected chi connectivity index (χ4v) is 2.07. The molecular weight excluding hydrogens is 228 g/mol. The lowest BCUT2D eigenvalue weighted by Gasteiger charge is -2.15. The number of amidine groups is 1. The van der Waals surface area contributed by atoms with Gasteiger partial charge in [-0.1, -0.05) is 12.1 Å². The molecule has 1 saturated carbocycles. The number of ether oxygens (including phenoxy) is 1. The molecule has 0 unspecified atom stereocenters. The molecule has 1 fully saturated rings. The van der Waals surface area contributed by atoms with Crippen molar-refractivity contribution in [3.05, 3.63) is 29.8 Å². The third-order valence-electron chi connectivity index (χ3n) is 3.39. The van der Waals surface area contributed by atoms with E-state index in [9.17, 15) is 0 Å². The Bertz CT molecular complexity index is 410. The average molecular weight is 248 g/mol. The van der Waals surface area contributed by atoms with E-state index < -0.39 is 0 Å². The molecule has 1 aromatic carbocycles. The minimum Gasteiger partial charge on any atom is -0.493 e. The quantitative estimate of drug-likeness (QED) is 0.507. The topological polar surface area (TPSA) is 79.3 Å². The van der Waals surface area contributed by atoms with Gasteiger partial charge < -0.3 is 15.6 Å². The third-order valence-corrected chi connectivity index (χ3v) is 3.39. The van der Waals surface area contributed by atoms with Crippen LogP contribution in [-0.2, 0) is 6.42 Å². The van der Waals surface area contributed by atoms with Gasteiger partial charge in [-0.3, -0.25) is 5.41 Å². The second kappa shape index (κ2) is 5.40. The van der Waals surface area contributed by atoms with Crippen molar-refractivity contribution in [3.63, 3.8) is 0 Å². The second-order valence-electron chi connectivity index (χ2n) is 5.11. The smallest absolute Gasteiger partial charge is 0.119 e. The van der Waals surface area contributed by atoms with E-state index in [4.69, 9.17) is 21.0 Å². The second-order valence-corrected chi connectivity index (χ2v) is 5.11. The van der Waals surface area contributed by atoms with E-state index in [1.165, 1.54) is 0 Å². The zero-order valence-electron chi connectivity index (χ0n) is 10.5. The number of rotatable bonds is 7. The van der Waals surface area contributed by atoms with Crippen LogP contribution in [0.5, 0.6) is 5.75 Å². The molecule has 0 heterocycles. The predicted molar refractivity (Wildman–Crippen MR) is 70.9 cm³/mol. The Morgan fingerprint density at radius 2 is 2.00 bits per heavy atom. The molecule has 0 aliphatic heterocycles. The molecule has 4 nitrogen and oxygen atoms in total. The van der Waals surface area contributed by atoms with E-state index in [1.54, 1.807) is 0 Å². The Morgan fingerprint density at radius 3 is 2.50 bits per heavy atom. The minimum absolute atomic E-state index is 0.107. The van der Waals surface area contributed by atoms with Crippen molar-refractivity contribution in [2.75, 3.05) is 13.2 Å². The number of aliphatic hydroxyl groups is 1. The summed E-state index contributed by atoms with van der Waals surface area (Å²) in [5, 5.41) is 16.2. The lowest BCUT2D eigenvalue weighted by molar-refractivity contribution is 0.238. The summed E-state index contributed by atoms with van der Waals surface area (Å²) < 4.78 is 5.75. The molecule has 4 N–H and O–H groups in total. The van der Waals surface area contributed by atoms with Crippen LogP contribution in [0.2, 0.25) is 0 Å². The van der Waals surface area contributed by atoms with Gasteiger partial charge in [0, 0.05) is 18.4 Å². The van der Waals surface area contributed by atoms with E-state index >= 15 is 0 Å². The van der Waals surface area contributed by atoms with Crippen LogP contribution in [-0.4, -0.2) is 24.2 Å². The van der Waals surface area contributed by atoms with Crippen LogP contribution >= 0.6 is 0 Å². The standard InChI is InChI=1S/C14H20N2O2/c15-13(16)9-14(6-7-14)10-18-12-3-1-11(2-4-12)5-8-17/h1-4,17H,5-10H2,(H3,15,16). The molecule has 98 valence electrons. The molecule has 0 radical (unpaired) electrons. The molecule has 4 heteroatoms. The van der Waals surface area contributed by atoms with Crippen LogP contribution in [0, 0.1) is 10.8 Å². The number of hydrogen-bond acceptors (Lipinski definition) is 3. The van der Waals surface area contributed by atoms with Crippen LogP contribution < -0.4 is 10.5 Å². The van der Waals surface area contributed by atoms with Gasteiger partial charge in [-0.25, -0.2) is 0 Å². The molecule has 0 bridgehead atoms. The van der Waals surface area contributed by atoms with Crippen LogP contribution in [0.15, 0.2) is 24.3 Å². The van der Waals surface area contributed by atoms with Gasteiger partial charge in [-0.15, -0.1) is 0 Å². The summed E-state index contributed by atoms with van der Waals surface area (Å²) in [5.74, 6) is 1.08. The van der Waals surface area contributed by atoms with Crippen molar-refractivity contribution in [2.24, 2.45) is 11.1 Å². The molecule has 2 rings (SSSR count). The Labute approximate surface area is 107 Å². The maximum atomic E-state index is 8.83. The SMILES string of the molecule is N=C(N)CC1(COc2ccc(CCO)cc2)CC1. The lowest BCUT2D eigenvalue weighted by atomic mass is 10.0.